The number of carbonyl (C=O) groups excluding carboxylic acids is 3. The number of halogens is 1. The summed E-state index contributed by atoms with van der Waals surface area (Å²) in [6.45, 7) is 4.40. The first-order valence-corrected chi connectivity index (χ1v) is 9.74. The highest BCUT2D eigenvalue weighted by Crippen LogP contribution is 2.19. The molecule has 0 atom stereocenters. The van der Waals surface area contributed by atoms with Crippen LogP contribution in [0.2, 0.25) is 0 Å². The normalized spacial score (nSPS) is 14.1. The van der Waals surface area contributed by atoms with E-state index in [9.17, 15) is 18.8 Å². The number of amides is 3. The Labute approximate surface area is 179 Å². The number of ketones is 1. The summed E-state index contributed by atoms with van der Waals surface area (Å²) in [4.78, 5) is 42.8. The summed E-state index contributed by atoms with van der Waals surface area (Å²) in [5, 5.41) is 5.05. The van der Waals surface area contributed by atoms with Gasteiger partial charge in [-0.05, 0) is 29.8 Å². The zero-order valence-corrected chi connectivity index (χ0v) is 17.4. The third kappa shape index (κ3) is 5.98. The van der Waals surface area contributed by atoms with E-state index in [1.807, 2.05) is 0 Å². The fraction of sp³-hybridized carbons (Fsp3) is 0.333. The van der Waals surface area contributed by atoms with Crippen molar-refractivity contribution in [2.75, 3.05) is 43.9 Å². The Balaban J connectivity index is 1.57. The number of nitrogens with one attached hydrogen (secondary N) is 2. The van der Waals surface area contributed by atoms with Crippen LogP contribution in [0.3, 0.4) is 0 Å². The molecule has 1 saturated heterocycles. The lowest BCUT2D eigenvalue weighted by Gasteiger charge is -2.33. The molecule has 0 saturated carbocycles. The Morgan fingerprint density at radius 3 is 2.45 bits per heavy atom. The predicted octanol–water partition coefficient (Wildman–Crippen LogP) is 2.95. The number of benzene rings is 1. The highest BCUT2D eigenvalue weighted by Gasteiger charge is 2.21. The number of Topliss-reactive ketones (excluding diaryl/α,β-unsaturated/α-hetero) is 1. The van der Waals surface area contributed by atoms with Gasteiger partial charge in [-0.15, -0.1) is 0 Å². The number of piperazine rings is 1. The summed E-state index contributed by atoms with van der Waals surface area (Å²) >= 11 is 0. The molecule has 0 spiro atoms. The second-order valence-corrected chi connectivity index (χ2v) is 7.11. The third-order valence-electron chi connectivity index (χ3n) is 4.87. The number of urea groups is 1. The maximum absolute atomic E-state index is 14.2. The van der Waals surface area contributed by atoms with Crippen LogP contribution in [0.15, 0.2) is 36.5 Å². The van der Waals surface area contributed by atoms with Gasteiger partial charge in [-0.2, -0.15) is 0 Å². The van der Waals surface area contributed by atoms with Gasteiger partial charge >= 0.3 is 12.1 Å². The van der Waals surface area contributed by atoms with Gasteiger partial charge in [0.05, 0.1) is 24.7 Å². The molecule has 9 nitrogen and oxygen atoms in total. The molecule has 3 amide bonds. The van der Waals surface area contributed by atoms with Crippen LogP contribution in [0, 0.1) is 5.82 Å². The van der Waals surface area contributed by atoms with Crippen molar-refractivity contribution in [3.63, 3.8) is 0 Å². The third-order valence-corrected chi connectivity index (χ3v) is 4.87. The van der Waals surface area contributed by atoms with Crippen molar-refractivity contribution in [2.45, 2.75) is 13.5 Å². The van der Waals surface area contributed by atoms with Crippen LogP contribution >= 0.6 is 0 Å². The minimum atomic E-state index is -0.625. The average molecular weight is 429 g/mol. The molecule has 1 fully saturated rings. The standard InChI is InChI=1S/C21H24FN5O4/c1-14(28)18-6-4-16(12-23-18)24-20(29)25-19-11-15(3-5-17(19)22)13-26-7-9-27(10-8-26)21(30)31-2/h3-6,11-12H,7-10,13H2,1-2H3,(H2,24,25,29). The molecule has 0 radical (unpaired) electrons. The van der Waals surface area contributed by atoms with Crippen LogP contribution in [0.1, 0.15) is 23.0 Å². The van der Waals surface area contributed by atoms with Gasteiger partial charge in [0.1, 0.15) is 11.5 Å². The molecule has 0 aliphatic carbocycles. The van der Waals surface area contributed by atoms with E-state index in [4.69, 9.17) is 4.74 Å². The van der Waals surface area contributed by atoms with E-state index >= 15 is 0 Å². The van der Waals surface area contributed by atoms with Gasteiger partial charge < -0.3 is 20.3 Å². The molecule has 1 aliphatic rings. The number of anilines is 2. The summed E-state index contributed by atoms with van der Waals surface area (Å²) in [6.07, 6.45) is 1.02. The van der Waals surface area contributed by atoms with E-state index in [2.05, 4.69) is 20.5 Å². The number of hydrogen-bond acceptors (Lipinski definition) is 6. The molecule has 3 rings (SSSR count). The highest BCUT2D eigenvalue weighted by molar-refractivity contribution is 6.00. The van der Waals surface area contributed by atoms with E-state index in [-0.39, 0.29) is 23.3 Å². The van der Waals surface area contributed by atoms with Crippen LogP contribution in [-0.2, 0) is 11.3 Å². The topological polar surface area (TPSA) is 104 Å². The maximum atomic E-state index is 14.2. The van der Waals surface area contributed by atoms with Crippen LogP contribution in [0.25, 0.3) is 0 Å². The van der Waals surface area contributed by atoms with Crippen molar-refractivity contribution in [1.82, 2.24) is 14.8 Å². The van der Waals surface area contributed by atoms with Crippen LogP contribution in [0.4, 0.5) is 25.4 Å². The van der Waals surface area contributed by atoms with Gasteiger partial charge in [0.15, 0.2) is 5.78 Å². The quantitative estimate of drug-likeness (QED) is 0.709. The molecular weight excluding hydrogens is 405 g/mol. The largest absolute Gasteiger partial charge is 0.453 e. The molecule has 1 aliphatic heterocycles. The molecule has 0 bridgehead atoms. The molecule has 2 heterocycles. The summed E-state index contributed by atoms with van der Waals surface area (Å²) in [7, 11) is 1.36. The number of rotatable bonds is 5. The molecule has 10 heteroatoms. The molecular formula is C21H24FN5O4. The summed E-state index contributed by atoms with van der Waals surface area (Å²) in [5.41, 5.74) is 1.55. The van der Waals surface area contributed by atoms with E-state index in [0.717, 1.165) is 5.56 Å². The molecule has 2 aromatic rings. The molecule has 1 aromatic carbocycles. The number of aromatic nitrogens is 1. The lowest BCUT2D eigenvalue weighted by Crippen LogP contribution is -2.48. The zero-order chi connectivity index (χ0) is 22.4. The van der Waals surface area contributed by atoms with Crippen LogP contribution < -0.4 is 10.6 Å². The summed E-state index contributed by atoms with van der Waals surface area (Å²) in [5.74, 6) is -0.735. The number of hydrogen-bond donors (Lipinski definition) is 2. The molecule has 164 valence electrons. The van der Waals surface area contributed by atoms with Gasteiger partial charge in [-0.25, -0.2) is 14.0 Å². The number of methoxy groups -OCH3 is 1. The fourth-order valence-corrected chi connectivity index (χ4v) is 3.20. The van der Waals surface area contributed by atoms with Gasteiger partial charge in [0.2, 0.25) is 0 Å². The lowest BCUT2D eigenvalue weighted by atomic mass is 10.1. The van der Waals surface area contributed by atoms with Gasteiger partial charge in [-0.3, -0.25) is 14.7 Å². The molecule has 31 heavy (non-hydrogen) atoms. The number of nitrogens with zero attached hydrogens (tertiary/aromatic N) is 3. The van der Waals surface area contributed by atoms with E-state index in [1.165, 1.54) is 32.4 Å². The van der Waals surface area contributed by atoms with Gasteiger partial charge in [0.25, 0.3) is 0 Å². The predicted molar refractivity (Wildman–Crippen MR) is 113 cm³/mol. The van der Waals surface area contributed by atoms with E-state index < -0.39 is 11.8 Å². The van der Waals surface area contributed by atoms with Crippen LogP contribution in [-0.4, -0.2) is 66.0 Å². The van der Waals surface area contributed by atoms with Crippen molar-refractivity contribution in [3.05, 3.63) is 53.6 Å². The smallest absolute Gasteiger partial charge is 0.409 e. The van der Waals surface area contributed by atoms with Crippen molar-refractivity contribution >= 4 is 29.3 Å². The Kier molecular flexibility index (Phi) is 7.14. The monoisotopic (exact) mass is 429 g/mol. The Bertz CT molecular complexity index is 959. The Morgan fingerprint density at radius 2 is 1.84 bits per heavy atom. The second kappa shape index (κ2) is 9.98. The maximum Gasteiger partial charge on any atom is 0.409 e. The molecule has 1 aromatic heterocycles. The summed E-state index contributed by atoms with van der Waals surface area (Å²) < 4.78 is 18.9. The van der Waals surface area contributed by atoms with E-state index in [1.54, 1.807) is 23.1 Å². The first-order valence-electron chi connectivity index (χ1n) is 9.74. The molecule has 0 unspecified atom stereocenters. The average Bonchev–Trinajstić information content (AvgIpc) is 2.76. The Hall–Kier alpha value is -3.53. The van der Waals surface area contributed by atoms with Gasteiger partial charge in [0, 0.05) is 39.6 Å². The minimum absolute atomic E-state index is 0.0523. The highest BCUT2D eigenvalue weighted by atomic mass is 19.1. The van der Waals surface area contributed by atoms with Crippen LogP contribution in [0.5, 0.6) is 0 Å². The first-order chi connectivity index (χ1) is 14.9. The van der Waals surface area contributed by atoms with Crippen molar-refractivity contribution in [2.24, 2.45) is 0 Å². The van der Waals surface area contributed by atoms with E-state index in [0.29, 0.717) is 38.4 Å². The summed E-state index contributed by atoms with van der Waals surface area (Å²) in [6, 6.07) is 6.97. The number of ether oxygens (including phenoxy) is 1. The van der Waals surface area contributed by atoms with Crippen molar-refractivity contribution in [3.8, 4) is 0 Å². The minimum Gasteiger partial charge on any atom is -0.453 e. The zero-order valence-electron chi connectivity index (χ0n) is 17.4. The van der Waals surface area contributed by atoms with Crippen molar-refractivity contribution < 1.29 is 23.5 Å². The fourth-order valence-electron chi connectivity index (χ4n) is 3.20. The van der Waals surface area contributed by atoms with Gasteiger partial charge in [-0.1, -0.05) is 6.07 Å². The first kappa shape index (κ1) is 22.2. The molecule has 2 N–H and O–H groups in total. The SMILES string of the molecule is COC(=O)N1CCN(Cc2ccc(F)c(NC(=O)Nc3ccc(C(C)=O)nc3)c2)CC1. The lowest BCUT2D eigenvalue weighted by molar-refractivity contribution is 0.0888. The number of pyridine rings is 1. The second-order valence-electron chi connectivity index (χ2n) is 7.11. The number of carbonyl (C=O) groups is 3. The Morgan fingerprint density at radius 1 is 1.10 bits per heavy atom. The van der Waals surface area contributed by atoms with Crippen molar-refractivity contribution in [1.29, 1.82) is 0 Å².